The van der Waals surface area contributed by atoms with Gasteiger partial charge in [0.25, 0.3) is 0 Å². The minimum absolute atomic E-state index is 0.0563. The number of furan rings is 1. The Morgan fingerprint density at radius 2 is 0.640 bits per heavy atom. The quantitative estimate of drug-likeness (QED) is 0.108. The first-order chi connectivity index (χ1) is 67.2. The van der Waals surface area contributed by atoms with Gasteiger partial charge in [-0.15, -0.1) is 22.7 Å². The fraction of sp³-hybridized carbons (Fsp3) is 0.0233. The number of benzene rings is 22. The van der Waals surface area contributed by atoms with Gasteiger partial charge in [-0.3, -0.25) is 0 Å². The lowest BCUT2D eigenvalue weighted by molar-refractivity contribution is 0.661. The van der Waals surface area contributed by atoms with E-state index in [0.717, 1.165) is 73.4 Å². The van der Waals surface area contributed by atoms with E-state index in [1.54, 1.807) is 0 Å². The van der Waals surface area contributed by atoms with Crippen LogP contribution < -0.4 is 14.7 Å². The summed E-state index contributed by atoms with van der Waals surface area (Å²) in [6.07, 6.45) is 0. The van der Waals surface area contributed by atoms with Crippen LogP contribution in [0.4, 0.5) is 51.2 Å². The fourth-order valence-electron chi connectivity index (χ4n) is 21.1. The van der Waals surface area contributed by atoms with Crippen molar-refractivity contribution >= 4 is 190 Å². The van der Waals surface area contributed by atoms with E-state index in [1.807, 2.05) is 34.8 Å². The largest absolute Gasteiger partial charge is 0.456 e. The van der Waals surface area contributed by atoms with E-state index in [1.165, 1.54) is 167 Å². The van der Waals surface area contributed by atoms with E-state index < -0.39 is 0 Å². The Bertz CT molecular complexity index is 9060. The zero-order chi connectivity index (χ0) is 90.3. The second-order valence-electron chi connectivity index (χ2n) is 35.7. The highest BCUT2D eigenvalue weighted by Gasteiger charge is 2.37. The van der Waals surface area contributed by atoms with E-state index in [9.17, 15) is 0 Å². The monoisotopic (exact) mass is 1770 g/mol. The summed E-state index contributed by atoms with van der Waals surface area (Å²) >= 11 is 3.73. The van der Waals surface area contributed by atoms with Gasteiger partial charge in [0.2, 0.25) is 0 Å². The molecule has 0 N–H and O–H groups in total. The molecule has 27 rings (SSSR count). The van der Waals surface area contributed by atoms with Gasteiger partial charge in [0.15, 0.2) is 0 Å². The summed E-state index contributed by atoms with van der Waals surface area (Å²) in [6.45, 7) is 4.73. The Morgan fingerprint density at radius 1 is 0.213 bits per heavy atom. The molecule has 0 amide bonds. The van der Waals surface area contributed by atoms with E-state index >= 15 is 0 Å². The SMILES string of the molecule is CC1(C)c2ccccc2-c2c1cc(-c1ccc(N(c3ccccc3)c3ccc4sc5ccccc5c4c3)cc1)c1ccccc21.c1ccc(-c2ccc(N(c3ccccc3)c3ccc(-c4cccc5c4ccc4oc6ccccc6c45)cc3)cc2)cc1.c1ccc(N(c2cccc(-c3ccc4ccc5sc6ccccc6c5c4c3)c2)c2ccc3c(c2)c2ccccc2n3-c2ccccc2)cc1. The van der Waals surface area contributed by atoms with Crippen LogP contribution in [0, 0.1) is 0 Å². The predicted molar refractivity (Wildman–Crippen MR) is 583 cm³/mol. The zero-order valence-electron chi connectivity index (χ0n) is 74.9. The summed E-state index contributed by atoms with van der Waals surface area (Å²) in [4.78, 5) is 7.06. The molecule has 642 valence electrons. The molecule has 0 saturated carbocycles. The molecule has 0 aliphatic heterocycles. The lowest BCUT2D eigenvalue weighted by Gasteiger charge is -2.26. The number of rotatable bonds is 14. The van der Waals surface area contributed by atoms with Crippen molar-refractivity contribution in [3.63, 3.8) is 0 Å². The Kier molecular flexibility index (Phi) is 20.3. The number of thiophene rings is 2. The zero-order valence-corrected chi connectivity index (χ0v) is 76.5. The second-order valence-corrected chi connectivity index (χ2v) is 37.9. The molecule has 4 aromatic heterocycles. The predicted octanol–water partition coefficient (Wildman–Crippen LogP) is 37.6. The van der Waals surface area contributed by atoms with Crippen molar-refractivity contribution < 1.29 is 4.42 Å². The van der Waals surface area contributed by atoms with Crippen molar-refractivity contribution in [1.29, 1.82) is 0 Å². The maximum atomic E-state index is 6.16. The van der Waals surface area contributed by atoms with Crippen molar-refractivity contribution in [2.75, 3.05) is 14.7 Å². The molecule has 0 unspecified atom stereocenters. The van der Waals surface area contributed by atoms with Gasteiger partial charge in [0, 0.05) is 124 Å². The van der Waals surface area contributed by atoms with Crippen LogP contribution in [0.2, 0.25) is 0 Å². The molecule has 4 heterocycles. The van der Waals surface area contributed by atoms with Crippen LogP contribution in [0.3, 0.4) is 0 Å². The molecule has 0 radical (unpaired) electrons. The van der Waals surface area contributed by atoms with Crippen molar-refractivity contribution in [1.82, 2.24) is 4.57 Å². The van der Waals surface area contributed by atoms with Crippen LogP contribution in [0.25, 0.3) is 178 Å². The number of nitrogens with zero attached hydrogens (tertiary/aromatic N) is 4. The molecule has 0 saturated heterocycles. The highest BCUT2D eigenvalue weighted by atomic mass is 32.1. The van der Waals surface area contributed by atoms with Crippen molar-refractivity contribution in [3.05, 3.63) is 509 Å². The van der Waals surface area contributed by atoms with Gasteiger partial charge in [0.05, 0.1) is 11.0 Å². The molecule has 1 aliphatic rings. The third kappa shape index (κ3) is 14.3. The summed E-state index contributed by atoms with van der Waals surface area (Å²) in [5, 5.41) is 17.7. The molecule has 136 heavy (non-hydrogen) atoms. The number of para-hydroxylation sites is 6. The maximum Gasteiger partial charge on any atom is 0.136 e. The van der Waals surface area contributed by atoms with Crippen LogP contribution in [0.1, 0.15) is 25.0 Å². The van der Waals surface area contributed by atoms with E-state index in [2.05, 4.69) is 518 Å². The normalized spacial score (nSPS) is 12.1. The third-order valence-electron chi connectivity index (χ3n) is 27.5. The number of anilines is 9. The minimum atomic E-state index is -0.0563. The van der Waals surface area contributed by atoms with Crippen molar-refractivity contribution in [2.24, 2.45) is 0 Å². The summed E-state index contributed by atoms with van der Waals surface area (Å²) in [5.74, 6) is 0. The molecule has 26 aromatic rings. The Labute approximate surface area is 797 Å². The van der Waals surface area contributed by atoms with Crippen LogP contribution in [0.15, 0.2) is 502 Å². The lowest BCUT2D eigenvalue weighted by Crippen LogP contribution is -2.15. The fourth-order valence-corrected chi connectivity index (χ4v) is 23.3. The third-order valence-corrected chi connectivity index (χ3v) is 29.8. The molecule has 22 aromatic carbocycles. The summed E-state index contributed by atoms with van der Waals surface area (Å²) in [7, 11) is 0. The molecule has 0 spiro atoms. The van der Waals surface area contributed by atoms with Gasteiger partial charge in [-0.05, 0) is 281 Å². The minimum Gasteiger partial charge on any atom is -0.456 e. The van der Waals surface area contributed by atoms with Crippen LogP contribution in [0.5, 0.6) is 0 Å². The Morgan fingerprint density at radius 3 is 1.34 bits per heavy atom. The second kappa shape index (κ2) is 34.0. The average Bonchev–Trinajstić information content (AvgIpc) is 1.55. The van der Waals surface area contributed by atoms with Gasteiger partial charge in [0.1, 0.15) is 11.2 Å². The summed E-state index contributed by atoms with van der Waals surface area (Å²) < 4.78 is 13.8. The molecular formula is C129H88N4OS2. The van der Waals surface area contributed by atoms with Crippen LogP contribution in [-0.4, -0.2) is 4.57 Å². The van der Waals surface area contributed by atoms with Crippen molar-refractivity contribution in [3.8, 4) is 61.3 Å². The average molecular weight is 1770 g/mol. The first-order valence-electron chi connectivity index (χ1n) is 46.6. The van der Waals surface area contributed by atoms with Crippen LogP contribution in [-0.2, 0) is 5.41 Å². The maximum absolute atomic E-state index is 6.16. The first kappa shape index (κ1) is 81.1. The van der Waals surface area contributed by atoms with Crippen LogP contribution >= 0.6 is 22.7 Å². The molecule has 0 atom stereocenters. The summed E-state index contributed by atoms with van der Waals surface area (Å²) in [6, 6.07) is 180. The van der Waals surface area contributed by atoms with E-state index in [-0.39, 0.29) is 5.41 Å². The molecule has 7 heteroatoms. The number of hydrogen-bond acceptors (Lipinski definition) is 6. The molecule has 1 aliphatic carbocycles. The lowest BCUT2D eigenvalue weighted by atomic mass is 9.80. The standard InChI is InChI=1S/C46H30N2S.C43H31NS.C40H27NO/c1-3-13-34(14-4-1)47(37-25-26-43-41(30-37)38-18-7-9-20-42(38)48(43)35-15-5-2-6-16-35)36-17-11-12-32(28-36)33-23-22-31-24-27-45-46(40(31)29-33)39-19-8-10-21-44(39)49-45;1-43(2)38-18-10-8-17-35(38)42-34-16-7-6-14-32(34)36(27-39(42)43)28-20-22-30(23-21-28)44(29-12-4-3-5-13-29)31-24-25-41-37(26-31)33-15-9-11-19-40(33)45-41;1-3-10-28(11-4-1)29-18-22-32(23-19-29)41(31-12-5-2-6-13-31)33-24-20-30(21-25-33)34-15-9-16-36-35(34)26-27-39-40(36)37-14-7-8-17-38(37)42-39/h1-30H;3-27H,1-2H3;1-27H. The van der Waals surface area contributed by atoms with Gasteiger partial charge >= 0.3 is 0 Å². The van der Waals surface area contributed by atoms with Gasteiger partial charge in [-0.2, -0.15) is 0 Å². The Hall–Kier alpha value is -16.9. The van der Waals surface area contributed by atoms with Gasteiger partial charge < -0.3 is 23.7 Å². The van der Waals surface area contributed by atoms with Gasteiger partial charge in [-0.25, -0.2) is 0 Å². The number of fused-ring (bicyclic) bond motifs is 21. The highest BCUT2D eigenvalue weighted by molar-refractivity contribution is 7.26. The number of hydrogen-bond donors (Lipinski definition) is 0. The molecular weight excluding hydrogens is 1690 g/mol. The smallest absolute Gasteiger partial charge is 0.136 e. The number of aromatic nitrogens is 1. The molecule has 5 nitrogen and oxygen atoms in total. The highest BCUT2D eigenvalue weighted by Crippen LogP contribution is 2.55. The summed E-state index contributed by atoms with van der Waals surface area (Å²) in [5.41, 5.74) is 30.8. The van der Waals surface area contributed by atoms with Gasteiger partial charge in [-0.1, -0.05) is 329 Å². The topological polar surface area (TPSA) is 27.8 Å². The molecule has 0 fully saturated rings. The van der Waals surface area contributed by atoms with Crippen molar-refractivity contribution in [2.45, 2.75) is 19.3 Å². The first-order valence-corrected chi connectivity index (χ1v) is 48.2. The van der Waals surface area contributed by atoms with E-state index in [4.69, 9.17) is 4.42 Å². The molecule has 0 bridgehead atoms. The Balaban J connectivity index is 0.000000109. The van der Waals surface area contributed by atoms with E-state index in [0.29, 0.717) is 0 Å².